The van der Waals surface area contributed by atoms with Crippen LogP contribution in [0.15, 0.2) is 30.5 Å². The van der Waals surface area contributed by atoms with Crippen LogP contribution in [0.1, 0.15) is 40.5 Å². The molecule has 1 heterocycles. The zero-order valence-electron chi connectivity index (χ0n) is 13.1. The fourth-order valence-corrected chi connectivity index (χ4v) is 3.14. The van der Waals surface area contributed by atoms with Crippen LogP contribution in [0, 0.1) is 0 Å². The van der Waals surface area contributed by atoms with Crippen LogP contribution in [0.25, 0.3) is 0 Å². The Morgan fingerprint density at radius 1 is 1.48 bits per heavy atom. The summed E-state index contributed by atoms with van der Waals surface area (Å²) in [5, 5.41) is 8.16. The molecule has 1 amide bonds. The van der Waals surface area contributed by atoms with Gasteiger partial charge >= 0.3 is 0 Å². The van der Waals surface area contributed by atoms with Gasteiger partial charge in [0, 0.05) is 13.3 Å². The average Bonchev–Trinajstić information content (AvgIpc) is 2.97. The normalized spacial score (nSPS) is 16.9. The van der Waals surface area contributed by atoms with E-state index in [1.165, 1.54) is 5.56 Å². The number of nitrogens with zero attached hydrogens (tertiary/aromatic N) is 2. The number of carbonyl (C=O) groups excluding carboxylic acids is 1. The van der Waals surface area contributed by atoms with Gasteiger partial charge in [-0.2, -0.15) is 5.10 Å². The van der Waals surface area contributed by atoms with Crippen LogP contribution in [0.3, 0.4) is 0 Å². The first-order valence-corrected chi connectivity index (χ1v) is 8.17. The smallest absolute Gasteiger partial charge is 0.253 e. The van der Waals surface area contributed by atoms with Crippen LogP contribution in [-0.2, 0) is 17.7 Å². The highest BCUT2D eigenvalue weighted by Gasteiger charge is 2.26. The van der Waals surface area contributed by atoms with Crippen molar-refractivity contribution in [1.82, 2.24) is 15.1 Å². The maximum absolute atomic E-state index is 12.5. The second-order valence-electron chi connectivity index (χ2n) is 5.69. The Hall–Kier alpha value is -1.85. The van der Waals surface area contributed by atoms with E-state index in [0.717, 1.165) is 25.0 Å². The van der Waals surface area contributed by atoms with E-state index in [9.17, 15) is 4.79 Å². The van der Waals surface area contributed by atoms with Crippen molar-refractivity contribution in [3.8, 4) is 0 Å². The second-order valence-corrected chi connectivity index (χ2v) is 6.10. The molecule has 1 aromatic heterocycles. The molecule has 0 fully saturated rings. The number of aromatic nitrogens is 2. The molecule has 23 heavy (non-hydrogen) atoms. The molecule has 2 aromatic rings. The Morgan fingerprint density at radius 3 is 3.09 bits per heavy atom. The number of carbonyl (C=O) groups is 1. The summed E-state index contributed by atoms with van der Waals surface area (Å²) in [6, 6.07) is 7.02. The molecule has 5 nitrogen and oxygen atoms in total. The van der Waals surface area contributed by atoms with Gasteiger partial charge in [0.05, 0.1) is 35.5 Å². The number of ether oxygens (including phenoxy) is 1. The molecule has 0 bridgehead atoms. The summed E-state index contributed by atoms with van der Waals surface area (Å²) in [5.41, 5.74) is 2.67. The molecule has 3 rings (SSSR count). The number of methoxy groups -OCH3 is 1. The van der Waals surface area contributed by atoms with Crippen LogP contribution in [0.2, 0.25) is 5.02 Å². The fourth-order valence-electron chi connectivity index (χ4n) is 2.92. The van der Waals surface area contributed by atoms with E-state index in [0.29, 0.717) is 23.7 Å². The molecule has 122 valence electrons. The van der Waals surface area contributed by atoms with Gasteiger partial charge in [0.15, 0.2) is 0 Å². The Labute approximate surface area is 140 Å². The number of benzene rings is 1. The van der Waals surface area contributed by atoms with Gasteiger partial charge in [0.25, 0.3) is 5.91 Å². The second kappa shape index (κ2) is 7.15. The predicted octanol–water partition coefficient (Wildman–Crippen LogP) is 2.99. The summed E-state index contributed by atoms with van der Waals surface area (Å²) in [7, 11) is 1.68. The largest absolute Gasteiger partial charge is 0.383 e. The van der Waals surface area contributed by atoms with E-state index in [4.69, 9.17) is 16.3 Å². The maximum atomic E-state index is 12.5. The number of hydrogen-bond acceptors (Lipinski definition) is 3. The van der Waals surface area contributed by atoms with Gasteiger partial charge < -0.3 is 10.1 Å². The Morgan fingerprint density at radius 2 is 2.30 bits per heavy atom. The van der Waals surface area contributed by atoms with Crippen molar-refractivity contribution in [2.75, 3.05) is 13.7 Å². The molecule has 0 saturated carbocycles. The first kappa shape index (κ1) is 16.0. The molecule has 1 N–H and O–H groups in total. The zero-order valence-corrected chi connectivity index (χ0v) is 13.8. The Kier molecular flexibility index (Phi) is 4.98. The Bertz CT molecular complexity index is 699. The summed E-state index contributed by atoms with van der Waals surface area (Å²) < 4.78 is 6.99. The van der Waals surface area contributed by atoms with Crippen molar-refractivity contribution in [2.45, 2.75) is 31.8 Å². The zero-order chi connectivity index (χ0) is 16.2. The molecule has 1 aliphatic rings. The minimum Gasteiger partial charge on any atom is -0.383 e. The summed E-state index contributed by atoms with van der Waals surface area (Å²) >= 11 is 6.10. The van der Waals surface area contributed by atoms with E-state index in [1.54, 1.807) is 19.2 Å². The lowest BCUT2D eigenvalue weighted by molar-refractivity contribution is 0.0931. The van der Waals surface area contributed by atoms with E-state index < -0.39 is 0 Å². The molecule has 0 aliphatic heterocycles. The monoisotopic (exact) mass is 333 g/mol. The number of rotatable bonds is 5. The fraction of sp³-hybridized carbons (Fsp3) is 0.412. The third kappa shape index (κ3) is 3.57. The quantitative estimate of drug-likeness (QED) is 0.915. The van der Waals surface area contributed by atoms with Crippen LogP contribution in [-0.4, -0.2) is 29.4 Å². The van der Waals surface area contributed by atoms with Crippen molar-refractivity contribution in [1.29, 1.82) is 0 Å². The molecule has 1 aliphatic carbocycles. The van der Waals surface area contributed by atoms with Crippen LogP contribution in [0.5, 0.6) is 0 Å². The third-order valence-corrected chi connectivity index (χ3v) is 4.42. The van der Waals surface area contributed by atoms with Crippen molar-refractivity contribution < 1.29 is 9.53 Å². The topological polar surface area (TPSA) is 56.1 Å². The van der Waals surface area contributed by atoms with E-state index in [-0.39, 0.29) is 11.9 Å². The van der Waals surface area contributed by atoms with E-state index in [1.807, 2.05) is 16.8 Å². The van der Waals surface area contributed by atoms with E-state index in [2.05, 4.69) is 16.6 Å². The van der Waals surface area contributed by atoms with Crippen LogP contribution < -0.4 is 5.32 Å². The van der Waals surface area contributed by atoms with Crippen molar-refractivity contribution in [2.24, 2.45) is 0 Å². The lowest BCUT2D eigenvalue weighted by Crippen LogP contribution is -2.31. The van der Waals surface area contributed by atoms with Crippen LogP contribution in [0.4, 0.5) is 0 Å². The highest BCUT2D eigenvalue weighted by Crippen LogP contribution is 2.29. The number of nitrogens with one attached hydrogen (secondary N) is 1. The van der Waals surface area contributed by atoms with Gasteiger partial charge in [0.1, 0.15) is 0 Å². The molecule has 0 radical (unpaired) electrons. The van der Waals surface area contributed by atoms with Crippen LogP contribution >= 0.6 is 11.6 Å². The SMILES string of the molecule is COCCn1cc2c(n1)[C@H](NC(=O)c1ccccc1Cl)CCC2. The molecule has 0 unspecified atom stereocenters. The first-order chi connectivity index (χ1) is 11.2. The molecule has 0 saturated heterocycles. The lowest BCUT2D eigenvalue weighted by atomic mass is 9.93. The van der Waals surface area contributed by atoms with Crippen molar-refractivity contribution in [3.63, 3.8) is 0 Å². The van der Waals surface area contributed by atoms with Gasteiger partial charge in [-0.1, -0.05) is 23.7 Å². The highest BCUT2D eigenvalue weighted by atomic mass is 35.5. The van der Waals surface area contributed by atoms with Gasteiger partial charge in [-0.3, -0.25) is 9.48 Å². The molecule has 1 atom stereocenters. The summed E-state index contributed by atoms with van der Waals surface area (Å²) in [4.78, 5) is 12.5. The third-order valence-electron chi connectivity index (χ3n) is 4.09. The molecule has 0 spiro atoms. The standard InChI is InChI=1S/C17H20ClN3O2/c1-23-10-9-21-11-12-5-4-8-15(16(12)20-21)19-17(22)13-6-2-3-7-14(13)18/h2-3,6-7,11,15H,4-5,8-10H2,1H3,(H,19,22)/t15-/m1/s1. The average molecular weight is 334 g/mol. The number of amides is 1. The molecule has 6 heteroatoms. The molecule has 1 aromatic carbocycles. The predicted molar refractivity (Wildman–Crippen MR) is 88.7 cm³/mol. The lowest BCUT2D eigenvalue weighted by Gasteiger charge is -2.22. The van der Waals surface area contributed by atoms with E-state index >= 15 is 0 Å². The highest BCUT2D eigenvalue weighted by molar-refractivity contribution is 6.33. The number of halogens is 1. The molecular weight excluding hydrogens is 314 g/mol. The van der Waals surface area contributed by atoms with Gasteiger partial charge in [0.2, 0.25) is 0 Å². The molecular formula is C17H20ClN3O2. The minimum atomic E-state index is -0.153. The number of aryl methyl sites for hydroxylation is 1. The summed E-state index contributed by atoms with van der Waals surface area (Å²) in [6.07, 6.45) is 4.99. The first-order valence-electron chi connectivity index (χ1n) is 7.79. The van der Waals surface area contributed by atoms with Crippen molar-refractivity contribution in [3.05, 3.63) is 52.3 Å². The van der Waals surface area contributed by atoms with Crippen molar-refractivity contribution >= 4 is 17.5 Å². The maximum Gasteiger partial charge on any atom is 0.253 e. The Balaban J connectivity index is 1.76. The summed E-state index contributed by atoms with van der Waals surface area (Å²) in [5.74, 6) is -0.153. The number of fused-ring (bicyclic) bond motifs is 1. The minimum absolute atomic E-state index is 0.0636. The van der Waals surface area contributed by atoms with Gasteiger partial charge in [-0.15, -0.1) is 0 Å². The number of hydrogen-bond donors (Lipinski definition) is 1. The van der Waals surface area contributed by atoms with Gasteiger partial charge in [-0.25, -0.2) is 0 Å². The van der Waals surface area contributed by atoms with Gasteiger partial charge in [-0.05, 0) is 37.0 Å². The summed E-state index contributed by atoms with van der Waals surface area (Å²) in [6.45, 7) is 1.34.